The van der Waals surface area contributed by atoms with Gasteiger partial charge in [0.15, 0.2) is 0 Å². The predicted octanol–water partition coefficient (Wildman–Crippen LogP) is 2.72. The molecule has 1 heterocycles. The van der Waals surface area contributed by atoms with Crippen LogP contribution in [0.5, 0.6) is 5.75 Å². The number of benzene rings is 1. The Labute approximate surface area is 103 Å². The molecule has 1 N–H and O–H groups in total. The molecule has 2 heteroatoms. The van der Waals surface area contributed by atoms with E-state index in [-0.39, 0.29) is 6.10 Å². The first-order valence-corrected chi connectivity index (χ1v) is 6.75. The van der Waals surface area contributed by atoms with Crippen molar-refractivity contribution in [1.82, 2.24) is 0 Å². The topological polar surface area (TPSA) is 29.5 Å². The fourth-order valence-corrected chi connectivity index (χ4v) is 2.63. The van der Waals surface area contributed by atoms with Gasteiger partial charge < -0.3 is 9.84 Å². The number of fused-ring (bicyclic) bond motifs is 1. The van der Waals surface area contributed by atoms with Gasteiger partial charge in [-0.25, -0.2) is 0 Å². The van der Waals surface area contributed by atoms with Gasteiger partial charge in [-0.2, -0.15) is 0 Å². The number of aryl methyl sites for hydroxylation is 1. The lowest BCUT2D eigenvalue weighted by molar-refractivity contribution is 0.139. The minimum Gasteiger partial charge on any atom is -0.493 e. The van der Waals surface area contributed by atoms with E-state index >= 15 is 0 Å². The lowest BCUT2D eigenvalue weighted by atomic mass is 10.0. The maximum atomic E-state index is 9.80. The summed E-state index contributed by atoms with van der Waals surface area (Å²) < 4.78 is 5.50. The average Bonchev–Trinajstić information content (AvgIpc) is 3.08. The Kier molecular flexibility index (Phi) is 3.06. The molecule has 1 unspecified atom stereocenters. The Morgan fingerprint density at radius 2 is 2.24 bits per heavy atom. The van der Waals surface area contributed by atoms with Crippen molar-refractivity contribution in [2.24, 2.45) is 5.92 Å². The third-order valence-corrected chi connectivity index (χ3v) is 3.89. The normalized spacial score (nSPS) is 19.8. The lowest BCUT2D eigenvalue weighted by Gasteiger charge is -2.09. The third-order valence-electron chi connectivity index (χ3n) is 3.89. The van der Waals surface area contributed by atoms with Crippen LogP contribution in [-0.4, -0.2) is 17.8 Å². The summed E-state index contributed by atoms with van der Waals surface area (Å²) in [4.78, 5) is 0. The number of hydrogen-bond acceptors (Lipinski definition) is 2. The molecule has 0 amide bonds. The summed E-state index contributed by atoms with van der Waals surface area (Å²) in [5.74, 6) is 1.68. The van der Waals surface area contributed by atoms with E-state index in [4.69, 9.17) is 4.74 Å². The van der Waals surface area contributed by atoms with Gasteiger partial charge in [0.25, 0.3) is 0 Å². The molecule has 92 valence electrons. The van der Waals surface area contributed by atoms with Gasteiger partial charge in [0.2, 0.25) is 0 Å². The zero-order chi connectivity index (χ0) is 11.7. The maximum absolute atomic E-state index is 9.80. The van der Waals surface area contributed by atoms with E-state index in [2.05, 4.69) is 18.2 Å². The zero-order valence-corrected chi connectivity index (χ0v) is 10.2. The van der Waals surface area contributed by atoms with Crippen LogP contribution in [0.4, 0.5) is 0 Å². The second-order valence-corrected chi connectivity index (χ2v) is 5.34. The Morgan fingerprint density at radius 3 is 3.06 bits per heavy atom. The van der Waals surface area contributed by atoms with Gasteiger partial charge in [-0.15, -0.1) is 0 Å². The Morgan fingerprint density at radius 1 is 1.35 bits per heavy atom. The number of aliphatic hydroxyl groups is 1. The van der Waals surface area contributed by atoms with E-state index < -0.39 is 0 Å². The third kappa shape index (κ3) is 2.63. The SMILES string of the molecule is OC(CCCc1ccc2c(c1)CCO2)C1CC1. The fraction of sp³-hybridized carbons (Fsp3) is 0.600. The Hall–Kier alpha value is -1.02. The molecule has 3 rings (SSSR count). The molecule has 1 aromatic carbocycles. The summed E-state index contributed by atoms with van der Waals surface area (Å²) in [5, 5.41) is 9.80. The molecule has 1 atom stereocenters. The molecule has 17 heavy (non-hydrogen) atoms. The van der Waals surface area contributed by atoms with Crippen LogP contribution in [0.2, 0.25) is 0 Å². The fourth-order valence-electron chi connectivity index (χ4n) is 2.63. The van der Waals surface area contributed by atoms with Crippen molar-refractivity contribution in [3.05, 3.63) is 29.3 Å². The van der Waals surface area contributed by atoms with Crippen molar-refractivity contribution < 1.29 is 9.84 Å². The minimum atomic E-state index is -0.0484. The van der Waals surface area contributed by atoms with E-state index in [9.17, 15) is 5.11 Å². The summed E-state index contributed by atoms with van der Waals surface area (Å²) in [7, 11) is 0. The number of hydrogen-bond donors (Lipinski definition) is 1. The van der Waals surface area contributed by atoms with Gasteiger partial charge in [-0.05, 0) is 55.2 Å². The number of rotatable bonds is 5. The molecule has 2 nitrogen and oxygen atoms in total. The number of aliphatic hydroxyl groups excluding tert-OH is 1. The predicted molar refractivity (Wildman–Crippen MR) is 67.3 cm³/mol. The standard InChI is InChI=1S/C15H20O2/c16-14(12-5-6-12)3-1-2-11-4-7-15-13(10-11)8-9-17-15/h4,7,10,12,14,16H,1-3,5-6,8-9H2. The summed E-state index contributed by atoms with van der Waals surface area (Å²) in [6, 6.07) is 6.52. The highest BCUT2D eigenvalue weighted by molar-refractivity contribution is 5.39. The second-order valence-electron chi connectivity index (χ2n) is 5.34. The van der Waals surface area contributed by atoms with Gasteiger partial charge in [-0.3, -0.25) is 0 Å². The van der Waals surface area contributed by atoms with Gasteiger partial charge in [0.1, 0.15) is 5.75 Å². The van der Waals surface area contributed by atoms with E-state index in [0.717, 1.165) is 38.0 Å². The van der Waals surface area contributed by atoms with E-state index in [0.29, 0.717) is 5.92 Å². The van der Waals surface area contributed by atoms with Crippen molar-refractivity contribution in [1.29, 1.82) is 0 Å². The van der Waals surface area contributed by atoms with Crippen LogP contribution in [0.25, 0.3) is 0 Å². The number of ether oxygens (including phenoxy) is 1. The van der Waals surface area contributed by atoms with Crippen molar-refractivity contribution in [2.75, 3.05) is 6.61 Å². The Balaban J connectivity index is 1.51. The van der Waals surface area contributed by atoms with E-state index in [1.165, 1.54) is 24.0 Å². The van der Waals surface area contributed by atoms with Crippen molar-refractivity contribution in [3.8, 4) is 5.75 Å². The summed E-state index contributed by atoms with van der Waals surface area (Å²) in [5.41, 5.74) is 2.74. The quantitative estimate of drug-likeness (QED) is 0.845. The van der Waals surface area contributed by atoms with Crippen LogP contribution in [-0.2, 0) is 12.8 Å². The van der Waals surface area contributed by atoms with Gasteiger partial charge in [-0.1, -0.05) is 12.1 Å². The molecule has 0 bridgehead atoms. The first-order valence-electron chi connectivity index (χ1n) is 6.75. The van der Waals surface area contributed by atoms with Gasteiger partial charge >= 0.3 is 0 Å². The monoisotopic (exact) mass is 232 g/mol. The van der Waals surface area contributed by atoms with Crippen molar-refractivity contribution >= 4 is 0 Å². The maximum Gasteiger partial charge on any atom is 0.122 e. The Bertz CT molecular complexity index is 396. The highest BCUT2D eigenvalue weighted by atomic mass is 16.5. The molecule has 1 fully saturated rings. The molecule has 0 aromatic heterocycles. The van der Waals surface area contributed by atoms with Crippen LogP contribution >= 0.6 is 0 Å². The molecule has 1 aromatic rings. The van der Waals surface area contributed by atoms with Gasteiger partial charge in [0.05, 0.1) is 12.7 Å². The van der Waals surface area contributed by atoms with E-state index in [1.54, 1.807) is 0 Å². The van der Waals surface area contributed by atoms with Crippen LogP contribution in [0.15, 0.2) is 18.2 Å². The lowest BCUT2D eigenvalue weighted by Crippen LogP contribution is -2.08. The molecule has 1 saturated carbocycles. The summed E-state index contributed by atoms with van der Waals surface area (Å²) in [6.45, 7) is 0.833. The van der Waals surface area contributed by atoms with Gasteiger partial charge in [0, 0.05) is 6.42 Å². The molecule has 0 radical (unpaired) electrons. The highest BCUT2D eigenvalue weighted by Gasteiger charge is 2.28. The molecular weight excluding hydrogens is 212 g/mol. The van der Waals surface area contributed by atoms with Crippen LogP contribution in [0, 0.1) is 5.92 Å². The van der Waals surface area contributed by atoms with Crippen LogP contribution in [0.1, 0.15) is 36.8 Å². The average molecular weight is 232 g/mol. The molecule has 0 saturated heterocycles. The molecular formula is C15H20O2. The highest BCUT2D eigenvalue weighted by Crippen LogP contribution is 2.34. The largest absolute Gasteiger partial charge is 0.493 e. The molecule has 2 aliphatic rings. The van der Waals surface area contributed by atoms with E-state index in [1.807, 2.05) is 0 Å². The molecule has 1 aliphatic carbocycles. The summed E-state index contributed by atoms with van der Waals surface area (Å²) in [6.07, 6.45) is 6.60. The summed E-state index contributed by atoms with van der Waals surface area (Å²) >= 11 is 0. The minimum absolute atomic E-state index is 0.0484. The smallest absolute Gasteiger partial charge is 0.122 e. The first-order chi connectivity index (χ1) is 8.33. The molecule has 1 aliphatic heterocycles. The van der Waals surface area contributed by atoms with Crippen molar-refractivity contribution in [3.63, 3.8) is 0 Å². The first kappa shape index (κ1) is 11.1. The van der Waals surface area contributed by atoms with Crippen LogP contribution < -0.4 is 4.74 Å². The van der Waals surface area contributed by atoms with Crippen molar-refractivity contribution in [2.45, 2.75) is 44.6 Å². The second kappa shape index (κ2) is 4.69. The molecule has 0 spiro atoms. The van der Waals surface area contributed by atoms with Crippen LogP contribution in [0.3, 0.4) is 0 Å². The zero-order valence-electron chi connectivity index (χ0n) is 10.2.